The van der Waals surface area contributed by atoms with Crippen molar-refractivity contribution in [3.05, 3.63) is 96.2 Å². The molecule has 1 aliphatic rings. The van der Waals surface area contributed by atoms with Gasteiger partial charge in [-0.3, -0.25) is 4.40 Å². The molecule has 0 saturated carbocycles. The second-order valence-corrected chi connectivity index (χ2v) is 14.6. The molecule has 0 bridgehead atoms. The number of rotatable bonds is 13. The number of pyridine rings is 1. The standard InChI is InChI=1S/C41H49F2N3O5/c1-10-13-25(3)50-32-17-16-30(42)35(43)34(32)29-15-12-14-28(23-29)31-24-46-37(44-31)27(5)26(4)33(36(39(47)48)51-40(6,7)8)38(46)45-20-18-41(9,19-21-45)49-22-11-2/h10-12,14-17,23-25,36H,1-2,13,18-22H2,3-9H3,(H,47,48). The van der Waals surface area contributed by atoms with Crippen LogP contribution in [0.3, 0.4) is 0 Å². The van der Waals surface area contributed by atoms with Gasteiger partial charge in [0, 0.05) is 36.8 Å². The van der Waals surface area contributed by atoms with Gasteiger partial charge >= 0.3 is 5.97 Å². The Kier molecular flexibility index (Phi) is 11.1. The number of carbonyl (C=O) groups is 1. The minimum atomic E-state index is -1.25. The van der Waals surface area contributed by atoms with Crippen LogP contribution >= 0.6 is 0 Å². The summed E-state index contributed by atoms with van der Waals surface area (Å²) in [7, 11) is 0. The van der Waals surface area contributed by atoms with E-state index < -0.39 is 29.3 Å². The average molecular weight is 702 g/mol. The number of halogens is 2. The van der Waals surface area contributed by atoms with Gasteiger partial charge in [0.2, 0.25) is 0 Å². The Bertz CT molecular complexity index is 1940. The highest BCUT2D eigenvalue weighted by Gasteiger charge is 2.37. The second-order valence-electron chi connectivity index (χ2n) is 14.6. The normalized spacial score (nSPS) is 15.8. The highest BCUT2D eigenvalue weighted by molar-refractivity contribution is 5.82. The van der Waals surface area contributed by atoms with Gasteiger partial charge in [0.1, 0.15) is 17.2 Å². The van der Waals surface area contributed by atoms with Gasteiger partial charge in [-0.05, 0) is 96.2 Å². The number of benzene rings is 2. The van der Waals surface area contributed by atoms with Crippen molar-refractivity contribution < 1.29 is 32.9 Å². The van der Waals surface area contributed by atoms with Crippen LogP contribution in [0.4, 0.5) is 14.6 Å². The molecular weight excluding hydrogens is 652 g/mol. The maximum atomic E-state index is 15.5. The topological polar surface area (TPSA) is 85.5 Å². The number of piperidine rings is 1. The number of hydrogen-bond acceptors (Lipinski definition) is 6. The Hall–Kier alpha value is -4.54. The number of ether oxygens (including phenoxy) is 3. The summed E-state index contributed by atoms with van der Waals surface area (Å²) < 4.78 is 50.5. The highest BCUT2D eigenvalue weighted by Crippen LogP contribution is 2.42. The molecule has 5 rings (SSSR count). The predicted octanol–water partition coefficient (Wildman–Crippen LogP) is 9.41. The van der Waals surface area contributed by atoms with E-state index >= 15 is 4.39 Å². The lowest BCUT2D eigenvalue weighted by atomic mass is 9.92. The number of carboxylic acids is 1. The van der Waals surface area contributed by atoms with E-state index in [4.69, 9.17) is 19.2 Å². The maximum Gasteiger partial charge on any atom is 0.337 e. The lowest BCUT2D eigenvalue weighted by Crippen LogP contribution is -2.45. The number of anilines is 1. The van der Waals surface area contributed by atoms with E-state index in [1.54, 1.807) is 30.4 Å². The van der Waals surface area contributed by atoms with E-state index in [9.17, 15) is 14.3 Å². The number of fused-ring (bicyclic) bond motifs is 1. The molecule has 0 spiro atoms. The first-order valence-corrected chi connectivity index (χ1v) is 17.4. The van der Waals surface area contributed by atoms with Crippen LogP contribution in [0.25, 0.3) is 28.0 Å². The molecule has 1 saturated heterocycles. The number of hydrogen-bond donors (Lipinski definition) is 1. The molecule has 2 unspecified atom stereocenters. The van der Waals surface area contributed by atoms with Crippen LogP contribution < -0.4 is 9.64 Å². The fourth-order valence-corrected chi connectivity index (χ4v) is 6.67. The molecule has 0 aliphatic carbocycles. The Morgan fingerprint density at radius 2 is 1.76 bits per heavy atom. The van der Waals surface area contributed by atoms with Crippen molar-refractivity contribution in [2.75, 3.05) is 24.6 Å². The fourth-order valence-electron chi connectivity index (χ4n) is 6.67. The number of aliphatic carboxylic acids is 1. The highest BCUT2D eigenvalue weighted by atomic mass is 19.2. The Labute approximate surface area is 299 Å². The minimum absolute atomic E-state index is 0.0187. The van der Waals surface area contributed by atoms with E-state index in [1.165, 1.54) is 6.07 Å². The van der Waals surface area contributed by atoms with Gasteiger partial charge in [0.25, 0.3) is 0 Å². The van der Waals surface area contributed by atoms with Crippen molar-refractivity contribution in [2.24, 2.45) is 0 Å². The molecule has 3 heterocycles. The SMILES string of the molecule is C=CCOC1(C)CCN(c2c(C(OC(C)(C)C)C(=O)O)c(C)c(C)c3nc(-c4cccc(-c5c(OC(C)CC=C)ccc(F)c5F)c4)cn23)CC1. The van der Waals surface area contributed by atoms with E-state index in [0.29, 0.717) is 72.8 Å². The van der Waals surface area contributed by atoms with Crippen LogP contribution in [-0.4, -0.2) is 57.5 Å². The molecule has 1 N–H and O–H groups in total. The minimum Gasteiger partial charge on any atom is -0.490 e. The molecule has 1 aliphatic heterocycles. The van der Waals surface area contributed by atoms with Gasteiger partial charge < -0.3 is 24.2 Å². The molecule has 10 heteroatoms. The van der Waals surface area contributed by atoms with E-state index in [0.717, 1.165) is 17.2 Å². The summed E-state index contributed by atoms with van der Waals surface area (Å²) in [5.41, 5.74) is 3.39. The number of imidazole rings is 1. The number of carboxylic acid groups (broad SMARTS) is 1. The first-order chi connectivity index (χ1) is 24.1. The van der Waals surface area contributed by atoms with Gasteiger partial charge in [0.05, 0.1) is 35.2 Å². The van der Waals surface area contributed by atoms with Gasteiger partial charge in [-0.25, -0.2) is 18.6 Å². The lowest BCUT2D eigenvalue weighted by molar-refractivity contribution is -0.160. The first-order valence-electron chi connectivity index (χ1n) is 17.4. The maximum absolute atomic E-state index is 15.5. The van der Waals surface area contributed by atoms with Crippen molar-refractivity contribution in [1.82, 2.24) is 9.38 Å². The van der Waals surface area contributed by atoms with Gasteiger partial charge in [-0.15, -0.1) is 13.2 Å². The van der Waals surface area contributed by atoms with Crippen LogP contribution in [0.15, 0.2) is 67.9 Å². The van der Waals surface area contributed by atoms with Crippen LogP contribution in [0, 0.1) is 25.5 Å². The second kappa shape index (κ2) is 15.0. The molecule has 2 atom stereocenters. The Balaban J connectivity index is 1.68. The zero-order valence-corrected chi connectivity index (χ0v) is 30.7. The quantitative estimate of drug-likeness (QED) is 0.139. The zero-order chi connectivity index (χ0) is 37.2. The van der Waals surface area contributed by atoms with Gasteiger partial charge in [0.15, 0.2) is 17.7 Å². The van der Waals surface area contributed by atoms with Crippen LogP contribution in [0.1, 0.15) is 76.7 Å². The number of nitrogens with zero attached hydrogens (tertiary/aromatic N) is 3. The van der Waals surface area contributed by atoms with Gasteiger partial charge in [-0.1, -0.05) is 30.4 Å². The molecule has 0 amide bonds. The van der Waals surface area contributed by atoms with Crippen LogP contribution in [0.5, 0.6) is 5.75 Å². The van der Waals surface area contributed by atoms with E-state index in [1.807, 2.05) is 58.2 Å². The van der Waals surface area contributed by atoms with Crippen LogP contribution in [-0.2, 0) is 14.3 Å². The third kappa shape index (κ3) is 8.02. The number of aromatic nitrogens is 2. The lowest BCUT2D eigenvalue weighted by Gasteiger charge is -2.41. The molecule has 0 radical (unpaired) electrons. The molecule has 4 aromatic rings. The largest absolute Gasteiger partial charge is 0.490 e. The van der Waals surface area contributed by atoms with Crippen molar-refractivity contribution >= 4 is 17.4 Å². The molecule has 1 fully saturated rings. The average Bonchev–Trinajstić information content (AvgIpc) is 3.52. The summed E-state index contributed by atoms with van der Waals surface area (Å²) in [5, 5.41) is 10.6. The van der Waals surface area contributed by atoms with Gasteiger partial charge in [-0.2, -0.15) is 0 Å². The van der Waals surface area contributed by atoms with Crippen molar-refractivity contribution in [3.8, 4) is 28.1 Å². The predicted molar refractivity (Wildman–Crippen MR) is 198 cm³/mol. The third-order valence-electron chi connectivity index (χ3n) is 9.44. The van der Waals surface area contributed by atoms with Crippen molar-refractivity contribution in [2.45, 2.75) is 91.1 Å². The van der Waals surface area contributed by atoms with Crippen molar-refractivity contribution in [1.29, 1.82) is 0 Å². The first kappa shape index (κ1) is 37.7. The summed E-state index contributed by atoms with van der Waals surface area (Å²) in [5.74, 6) is -2.16. The molecule has 51 heavy (non-hydrogen) atoms. The number of aryl methyl sites for hydroxylation is 1. The monoisotopic (exact) mass is 701 g/mol. The fraction of sp³-hybridized carbons (Fsp3) is 0.415. The Morgan fingerprint density at radius 1 is 1.08 bits per heavy atom. The summed E-state index contributed by atoms with van der Waals surface area (Å²) in [4.78, 5) is 20.2. The summed E-state index contributed by atoms with van der Waals surface area (Å²) in [6.07, 6.45) is 5.74. The van der Waals surface area contributed by atoms with Crippen LogP contribution in [0.2, 0.25) is 0 Å². The van der Waals surface area contributed by atoms with E-state index in [-0.39, 0.29) is 23.0 Å². The molecular formula is C41H49F2N3O5. The van der Waals surface area contributed by atoms with Crippen molar-refractivity contribution in [3.63, 3.8) is 0 Å². The smallest absolute Gasteiger partial charge is 0.337 e. The molecule has 2 aromatic heterocycles. The summed E-state index contributed by atoms with van der Waals surface area (Å²) >= 11 is 0. The molecule has 2 aromatic carbocycles. The zero-order valence-electron chi connectivity index (χ0n) is 30.7. The summed E-state index contributed by atoms with van der Waals surface area (Å²) in [6.45, 7) is 22.5. The third-order valence-corrected chi connectivity index (χ3v) is 9.44. The van der Waals surface area contributed by atoms with E-state index in [2.05, 4.69) is 25.0 Å². The Morgan fingerprint density at radius 3 is 2.39 bits per heavy atom. The molecule has 272 valence electrons. The molecule has 8 nitrogen and oxygen atoms in total. The summed E-state index contributed by atoms with van der Waals surface area (Å²) in [6, 6.07) is 9.61.